The Kier molecular flexibility index (Phi) is 5.87. The fourth-order valence-electron chi connectivity index (χ4n) is 3.59. The molecule has 2 rings (SSSR count). The first kappa shape index (κ1) is 16.2. The molecule has 2 atom stereocenters. The second-order valence-electron chi connectivity index (χ2n) is 6.74. The Hall–Kier alpha value is -0.130. The number of nitrogens with zero attached hydrogens (tertiary/aromatic N) is 1. The van der Waals surface area contributed by atoms with Gasteiger partial charge in [0.15, 0.2) is 0 Å². The summed E-state index contributed by atoms with van der Waals surface area (Å²) in [7, 11) is -1.28. The molecule has 0 bridgehead atoms. The van der Waals surface area contributed by atoms with E-state index in [0.717, 1.165) is 45.2 Å². The summed E-state index contributed by atoms with van der Waals surface area (Å²) in [4.78, 5) is 0. The van der Waals surface area contributed by atoms with Gasteiger partial charge in [0.1, 0.15) is 0 Å². The maximum atomic E-state index is 12.5. The van der Waals surface area contributed by atoms with Gasteiger partial charge in [0, 0.05) is 13.1 Å². The summed E-state index contributed by atoms with van der Waals surface area (Å²) >= 11 is 0. The summed E-state index contributed by atoms with van der Waals surface area (Å²) in [6, 6.07) is 0.233. The van der Waals surface area contributed by atoms with Crippen LogP contribution in [0.2, 0.25) is 0 Å². The first-order chi connectivity index (χ1) is 9.49. The monoisotopic (exact) mass is 302 g/mol. The molecule has 1 aliphatic carbocycles. The highest BCUT2D eigenvalue weighted by atomic mass is 32.2. The second-order valence-corrected chi connectivity index (χ2v) is 8.89. The molecule has 0 aromatic heterocycles. The third-order valence-corrected chi connectivity index (χ3v) is 7.03. The summed E-state index contributed by atoms with van der Waals surface area (Å²) in [6.45, 7) is 4.32. The number of piperidine rings is 1. The van der Waals surface area contributed by atoms with E-state index in [9.17, 15) is 8.42 Å². The lowest BCUT2D eigenvalue weighted by Gasteiger charge is -2.33. The molecule has 118 valence electrons. The highest BCUT2D eigenvalue weighted by Crippen LogP contribution is 2.28. The van der Waals surface area contributed by atoms with E-state index in [1.807, 2.05) is 0 Å². The van der Waals surface area contributed by atoms with Crippen molar-refractivity contribution in [3.63, 3.8) is 0 Å². The maximum Gasteiger partial charge on any atom is 0.214 e. The molecule has 2 fully saturated rings. The average Bonchev–Trinajstić information content (AvgIpc) is 2.45. The number of hydrogen-bond acceptors (Lipinski definition) is 3. The number of rotatable bonds is 5. The fourth-order valence-corrected chi connectivity index (χ4v) is 5.15. The van der Waals surface area contributed by atoms with Crippen LogP contribution in [-0.4, -0.2) is 44.7 Å². The zero-order valence-electron chi connectivity index (χ0n) is 13.0. The average molecular weight is 302 g/mol. The molecule has 1 aliphatic heterocycles. The van der Waals surface area contributed by atoms with Crippen molar-refractivity contribution in [3.05, 3.63) is 0 Å². The standard InChI is InChI=1S/C15H30N2O2S/c1-13-4-3-5-15(12-13)17(2)20(18,19)11-8-14-6-9-16-10-7-14/h13-16H,3-12H2,1-2H3. The molecule has 5 heteroatoms. The van der Waals surface area contributed by atoms with Crippen molar-refractivity contribution in [2.75, 3.05) is 25.9 Å². The van der Waals surface area contributed by atoms with E-state index in [2.05, 4.69) is 12.2 Å². The Bertz CT molecular complexity index is 391. The highest BCUT2D eigenvalue weighted by Gasteiger charge is 2.30. The molecule has 20 heavy (non-hydrogen) atoms. The molecule has 1 saturated heterocycles. The highest BCUT2D eigenvalue weighted by molar-refractivity contribution is 7.89. The summed E-state index contributed by atoms with van der Waals surface area (Å²) in [5.74, 6) is 1.58. The largest absolute Gasteiger partial charge is 0.317 e. The van der Waals surface area contributed by atoms with Gasteiger partial charge < -0.3 is 5.32 Å². The first-order valence-electron chi connectivity index (χ1n) is 8.15. The molecule has 1 heterocycles. The van der Waals surface area contributed by atoms with Crippen LogP contribution in [-0.2, 0) is 10.0 Å². The van der Waals surface area contributed by atoms with Crippen molar-refractivity contribution in [3.8, 4) is 0 Å². The SMILES string of the molecule is CC1CCCC(N(C)S(=O)(=O)CCC2CCNCC2)C1. The normalized spacial score (nSPS) is 29.8. The minimum Gasteiger partial charge on any atom is -0.317 e. The zero-order valence-corrected chi connectivity index (χ0v) is 13.8. The van der Waals surface area contributed by atoms with E-state index in [0.29, 0.717) is 17.6 Å². The summed E-state index contributed by atoms with van der Waals surface area (Å²) < 4.78 is 26.7. The van der Waals surface area contributed by atoms with Crippen molar-refractivity contribution >= 4 is 10.0 Å². The van der Waals surface area contributed by atoms with E-state index in [1.165, 1.54) is 12.8 Å². The van der Waals surface area contributed by atoms with E-state index in [4.69, 9.17) is 0 Å². The smallest absolute Gasteiger partial charge is 0.214 e. The van der Waals surface area contributed by atoms with E-state index >= 15 is 0 Å². The van der Waals surface area contributed by atoms with Gasteiger partial charge in [0.25, 0.3) is 0 Å². The van der Waals surface area contributed by atoms with Gasteiger partial charge in [0.2, 0.25) is 10.0 Å². The lowest BCUT2D eigenvalue weighted by molar-refractivity contribution is 0.238. The van der Waals surface area contributed by atoms with Crippen LogP contribution in [0.4, 0.5) is 0 Å². The van der Waals surface area contributed by atoms with Crippen LogP contribution in [0.5, 0.6) is 0 Å². The van der Waals surface area contributed by atoms with Crippen LogP contribution in [0.3, 0.4) is 0 Å². The fraction of sp³-hybridized carbons (Fsp3) is 1.00. The molecule has 0 amide bonds. The van der Waals surface area contributed by atoms with Gasteiger partial charge >= 0.3 is 0 Å². The molecule has 2 unspecified atom stereocenters. The van der Waals surface area contributed by atoms with Crippen molar-refractivity contribution < 1.29 is 8.42 Å². The van der Waals surface area contributed by atoms with Crippen molar-refractivity contribution in [2.24, 2.45) is 11.8 Å². The van der Waals surface area contributed by atoms with Crippen molar-refractivity contribution in [1.29, 1.82) is 0 Å². The van der Waals surface area contributed by atoms with Gasteiger partial charge in [-0.25, -0.2) is 12.7 Å². The first-order valence-corrected chi connectivity index (χ1v) is 9.76. The van der Waals surface area contributed by atoms with Crippen LogP contribution in [0.15, 0.2) is 0 Å². The second kappa shape index (κ2) is 7.23. The molecule has 1 saturated carbocycles. The van der Waals surface area contributed by atoms with Gasteiger partial charge in [-0.1, -0.05) is 19.8 Å². The van der Waals surface area contributed by atoms with E-state index < -0.39 is 10.0 Å². The van der Waals surface area contributed by atoms with E-state index in [1.54, 1.807) is 11.4 Å². The molecule has 2 aliphatic rings. The van der Waals surface area contributed by atoms with Crippen molar-refractivity contribution in [1.82, 2.24) is 9.62 Å². The maximum absolute atomic E-state index is 12.5. The summed E-state index contributed by atoms with van der Waals surface area (Å²) in [6.07, 6.45) is 7.56. The Labute approximate surface area is 124 Å². The lowest BCUT2D eigenvalue weighted by Crippen LogP contribution is -2.41. The lowest BCUT2D eigenvalue weighted by atomic mass is 9.87. The van der Waals surface area contributed by atoms with Gasteiger partial charge in [-0.05, 0) is 57.0 Å². The van der Waals surface area contributed by atoms with Gasteiger partial charge in [-0.2, -0.15) is 0 Å². The predicted molar refractivity (Wildman–Crippen MR) is 83.2 cm³/mol. The Balaban J connectivity index is 1.84. The van der Waals surface area contributed by atoms with Crippen molar-refractivity contribution in [2.45, 2.75) is 57.9 Å². The van der Waals surface area contributed by atoms with Gasteiger partial charge in [-0.15, -0.1) is 0 Å². The number of hydrogen-bond donors (Lipinski definition) is 1. The molecule has 1 N–H and O–H groups in total. The molecular weight excluding hydrogens is 272 g/mol. The topological polar surface area (TPSA) is 49.4 Å². The Morgan fingerprint density at radius 1 is 1.15 bits per heavy atom. The van der Waals surface area contributed by atoms with Gasteiger partial charge in [0.05, 0.1) is 5.75 Å². The molecule has 0 spiro atoms. The quantitative estimate of drug-likeness (QED) is 0.847. The summed E-state index contributed by atoms with van der Waals surface area (Å²) in [5.41, 5.74) is 0. The zero-order chi connectivity index (χ0) is 14.6. The van der Waals surface area contributed by atoms with Crippen LogP contribution in [0.1, 0.15) is 51.9 Å². The predicted octanol–water partition coefficient (Wildman–Crippen LogP) is 2.22. The molecular formula is C15H30N2O2S. The Morgan fingerprint density at radius 3 is 2.50 bits per heavy atom. The molecule has 0 aromatic carbocycles. The van der Waals surface area contributed by atoms with Crippen LogP contribution in [0.25, 0.3) is 0 Å². The van der Waals surface area contributed by atoms with E-state index in [-0.39, 0.29) is 6.04 Å². The molecule has 0 aromatic rings. The van der Waals surface area contributed by atoms with Crippen LogP contribution in [0, 0.1) is 11.8 Å². The Morgan fingerprint density at radius 2 is 1.85 bits per heavy atom. The summed E-state index contributed by atoms with van der Waals surface area (Å²) in [5, 5.41) is 3.33. The van der Waals surface area contributed by atoms with Crippen LogP contribution < -0.4 is 5.32 Å². The van der Waals surface area contributed by atoms with Gasteiger partial charge in [-0.3, -0.25) is 0 Å². The number of sulfonamides is 1. The third-order valence-electron chi connectivity index (χ3n) is 5.10. The minimum absolute atomic E-state index is 0.233. The van der Waals surface area contributed by atoms with Crippen LogP contribution >= 0.6 is 0 Å². The number of nitrogens with one attached hydrogen (secondary N) is 1. The molecule has 4 nitrogen and oxygen atoms in total. The molecule has 0 radical (unpaired) electrons. The minimum atomic E-state index is -3.07. The third kappa shape index (κ3) is 4.43.